The molecule has 0 aliphatic heterocycles. The summed E-state index contributed by atoms with van der Waals surface area (Å²) in [6, 6.07) is 23.4. The minimum Gasteiger partial charge on any atom is -0.497 e. The number of amides is 1. The van der Waals surface area contributed by atoms with Gasteiger partial charge in [-0.3, -0.25) is 9.78 Å². The summed E-state index contributed by atoms with van der Waals surface area (Å²) < 4.78 is 9.11. The summed E-state index contributed by atoms with van der Waals surface area (Å²) >= 11 is 0. The first kappa shape index (κ1) is 19.6. The van der Waals surface area contributed by atoms with Crippen LogP contribution in [0.2, 0.25) is 0 Å². The lowest BCUT2D eigenvalue weighted by Crippen LogP contribution is -2.23. The third-order valence-corrected chi connectivity index (χ3v) is 5.25. The van der Waals surface area contributed by atoms with Gasteiger partial charge in [-0.2, -0.15) is 5.10 Å². The van der Waals surface area contributed by atoms with Crippen LogP contribution in [0.15, 0.2) is 91.4 Å². The predicted molar refractivity (Wildman–Crippen MR) is 122 cm³/mol. The van der Waals surface area contributed by atoms with E-state index in [1.807, 2.05) is 54.6 Å². The predicted octanol–water partition coefficient (Wildman–Crippen LogP) is 4.13. The van der Waals surface area contributed by atoms with Crippen LogP contribution in [0.5, 0.6) is 5.75 Å². The molecule has 0 atom stereocenters. The number of benzene rings is 1. The number of hydrogen-bond acceptors (Lipinski definition) is 4. The third-order valence-electron chi connectivity index (χ3n) is 5.25. The van der Waals surface area contributed by atoms with Crippen LogP contribution in [0.1, 0.15) is 16.2 Å². The minimum absolute atomic E-state index is 0.243. The Hall–Kier alpha value is -4.39. The Morgan fingerprint density at radius 2 is 1.91 bits per heavy atom. The maximum absolute atomic E-state index is 12.5. The maximum Gasteiger partial charge on any atom is 0.272 e. The number of nitrogens with one attached hydrogen (secondary N) is 1. The average Bonchev–Trinajstić information content (AvgIpc) is 3.50. The van der Waals surface area contributed by atoms with E-state index < -0.39 is 0 Å². The van der Waals surface area contributed by atoms with Crippen molar-refractivity contribution >= 4 is 11.4 Å². The highest BCUT2D eigenvalue weighted by atomic mass is 16.5. The van der Waals surface area contributed by atoms with Crippen molar-refractivity contribution in [1.29, 1.82) is 0 Å². The Morgan fingerprint density at radius 1 is 1.00 bits per heavy atom. The summed E-state index contributed by atoms with van der Waals surface area (Å²) in [5, 5.41) is 7.34. The lowest BCUT2D eigenvalue weighted by atomic mass is 10.1. The van der Waals surface area contributed by atoms with Crippen molar-refractivity contribution in [3.05, 3.63) is 103 Å². The molecule has 0 saturated carbocycles. The van der Waals surface area contributed by atoms with Gasteiger partial charge in [-0.15, -0.1) is 0 Å². The number of hydrogen-bond donors (Lipinski definition) is 1. The Balaban J connectivity index is 1.41. The number of fused-ring (bicyclic) bond motifs is 1. The van der Waals surface area contributed by atoms with E-state index in [1.165, 1.54) is 0 Å². The lowest BCUT2D eigenvalue weighted by molar-refractivity contribution is 0.0945. The Morgan fingerprint density at radius 3 is 2.75 bits per heavy atom. The molecule has 5 rings (SSSR count). The number of ether oxygens (including phenoxy) is 1. The molecule has 0 saturated heterocycles. The van der Waals surface area contributed by atoms with Crippen LogP contribution in [0, 0.1) is 0 Å². The second kappa shape index (κ2) is 8.39. The summed E-state index contributed by atoms with van der Waals surface area (Å²) in [7, 11) is 1.66. The first-order valence-corrected chi connectivity index (χ1v) is 10.2. The number of pyridine rings is 2. The van der Waals surface area contributed by atoms with Crippen LogP contribution in [-0.4, -0.2) is 32.2 Å². The van der Waals surface area contributed by atoms with Gasteiger partial charge in [-0.25, -0.2) is 4.68 Å². The van der Waals surface area contributed by atoms with Crippen molar-refractivity contribution in [2.24, 2.45) is 0 Å². The van der Waals surface area contributed by atoms with Gasteiger partial charge in [0.05, 0.1) is 19.3 Å². The number of rotatable bonds is 6. The molecule has 0 unspecified atom stereocenters. The molecule has 0 bridgehead atoms. The number of carbonyl (C=O) groups is 1. The van der Waals surface area contributed by atoms with Gasteiger partial charge in [-0.1, -0.05) is 24.3 Å². The molecular weight excluding hydrogens is 402 g/mol. The van der Waals surface area contributed by atoms with Gasteiger partial charge in [0.25, 0.3) is 5.91 Å². The molecule has 0 fully saturated rings. The zero-order valence-electron chi connectivity index (χ0n) is 17.5. The molecule has 0 spiro atoms. The van der Waals surface area contributed by atoms with Gasteiger partial charge < -0.3 is 14.5 Å². The van der Waals surface area contributed by atoms with E-state index in [1.54, 1.807) is 30.3 Å². The highest BCUT2D eigenvalue weighted by molar-refractivity contribution is 5.92. The van der Waals surface area contributed by atoms with E-state index in [0.29, 0.717) is 12.2 Å². The highest BCUT2D eigenvalue weighted by Gasteiger charge is 2.12. The van der Waals surface area contributed by atoms with Crippen molar-refractivity contribution in [3.8, 4) is 22.7 Å². The monoisotopic (exact) mass is 423 g/mol. The SMILES string of the molecule is COc1cccc(-c2ccc3ccc(-n4ccc(C(=O)NCc5ccccn5)n4)n3c2)c1. The first-order chi connectivity index (χ1) is 15.7. The molecule has 1 aromatic carbocycles. The summed E-state index contributed by atoms with van der Waals surface area (Å²) in [6.07, 6.45) is 5.55. The number of methoxy groups -OCH3 is 1. The van der Waals surface area contributed by atoms with Gasteiger partial charge in [0.2, 0.25) is 0 Å². The fourth-order valence-electron chi connectivity index (χ4n) is 3.58. The second-order valence-corrected chi connectivity index (χ2v) is 7.29. The molecule has 0 aliphatic rings. The molecule has 7 heteroatoms. The van der Waals surface area contributed by atoms with Gasteiger partial charge in [0.1, 0.15) is 11.6 Å². The quantitative estimate of drug-likeness (QED) is 0.446. The normalized spacial score (nSPS) is 10.9. The molecule has 7 nitrogen and oxygen atoms in total. The lowest BCUT2D eigenvalue weighted by Gasteiger charge is -2.08. The van der Waals surface area contributed by atoms with E-state index in [9.17, 15) is 4.79 Å². The van der Waals surface area contributed by atoms with Crippen LogP contribution in [0.25, 0.3) is 22.5 Å². The van der Waals surface area contributed by atoms with Crippen molar-refractivity contribution in [2.45, 2.75) is 6.54 Å². The Bertz CT molecular complexity index is 1390. The summed E-state index contributed by atoms with van der Waals surface area (Å²) in [5.74, 6) is 1.41. The van der Waals surface area contributed by atoms with Crippen molar-refractivity contribution in [3.63, 3.8) is 0 Å². The van der Waals surface area contributed by atoms with Crippen LogP contribution in [-0.2, 0) is 6.54 Å². The molecule has 0 radical (unpaired) electrons. The molecule has 0 aliphatic carbocycles. The van der Waals surface area contributed by atoms with Gasteiger partial charge in [0, 0.05) is 24.1 Å². The topological polar surface area (TPSA) is 73.4 Å². The minimum atomic E-state index is -0.243. The molecule has 4 heterocycles. The number of carbonyl (C=O) groups excluding carboxylic acids is 1. The largest absolute Gasteiger partial charge is 0.497 e. The van der Waals surface area contributed by atoms with Crippen LogP contribution in [0.3, 0.4) is 0 Å². The Kier molecular flexibility index (Phi) is 5.13. The molecule has 32 heavy (non-hydrogen) atoms. The summed E-state index contributed by atoms with van der Waals surface area (Å²) in [5.41, 5.74) is 4.28. The molecule has 5 aromatic rings. The fraction of sp³-hybridized carbons (Fsp3) is 0.0800. The molecule has 1 N–H and O–H groups in total. The van der Waals surface area contributed by atoms with E-state index in [-0.39, 0.29) is 5.91 Å². The highest BCUT2D eigenvalue weighted by Crippen LogP contribution is 2.26. The Labute approximate surface area is 184 Å². The van der Waals surface area contributed by atoms with Crippen molar-refractivity contribution in [2.75, 3.05) is 7.11 Å². The molecule has 158 valence electrons. The van der Waals surface area contributed by atoms with E-state index in [0.717, 1.165) is 33.9 Å². The molecular formula is C25H21N5O2. The van der Waals surface area contributed by atoms with Crippen LogP contribution < -0.4 is 10.1 Å². The van der Waals surface area contributed by atoms with Gasteiger partial charge in [-0.05, 0) is 59.7 Å². The maximum atomic E-state index is 12.5. The number of aromatic nitrogens is 4. The van der Waals surface area contributed by atoms with E-state index in [2.05, 4.69) is 38.1 Å². The smallest absolute Gasteiger partial charge is 0.272 e. The van der Waals surface area contributed by atoms with E-state index >= 15 is 0 Å². The molecule has 1 amide bonds. The van der Waals surface area contributed by atoms with Crippen molar-refractivity contribution < 1.29 is 9.53 Å². The summed E-state index contributed by atoms with van der Waals surface area (Å²) in [6.45, 7) is 0.352. The standard InChI is InChI=1S/C25H21N5O2/c1-32-22-7-4-5-18(15-22)19-8-9-21-10-11-24(29(21)17-19)30-14-12-23(28-30)25(31)27-16-20-6-2-3-13-26-20/h2-15,17H,16H2,1H3,(H,27,31). The first-order valence-electron chi connectivity index (χ1n) is 10.2. The van der Waals surface area contributed by atoms with E-state index in [4.69, 9.17) is 4.74 Å². The van der Waals surface area contributed by atoms with Gasteiger partial charge in [0.15, 0.2) is 5.69 Å². The zero-order valence-corrected chi connectivity index (χ0v) is 17.5. The summed E-state index contributed by atoms with van der Waals surface area (Å²) in [4.78, 5) is 16.7. The van der Waals surface area contributed by atoms with Crippen LogP contribution in [0.4, 0.5) is 0 Å². The zero-order chi connectivity index (χ0) is 21.9. The van der Waals surface area contributed by atoms with Gasteiger partial charge >= 0.3 is 0 Å². The van der Waals surface area contributed by atoms with Crippen molar-refractivity contribution in [1.82, 2.24) is 24.5 Å². The third kappa shape index (κ3) is 3.83. The van der Waals surface area contributed by atoms with Crippen LogP contribution >= 0.6 is 0 Å². The second-order valence-electron chi connectivity index (χ2n) is 7.29. The average molecular weight is 423 g/mol. The fourth-order valence-corrected chi connectivity index (χ4v) is 3.58. The number of nitrogens with zero attached hydrogens (tertiary/aromatic N) is 4. The molecule has 4 aromatic heterocycles.